The maximum atomic E-state index is 14.0. The Morgan fingerprint density at radius 1 is 0.953 bits per heavy atom. The fraction of sp³-hybridized carbons (Fsp3) is 0.333. The summed E-state index contributed by atoms with van der Waals surface area (Å²) in [5, 5.41) is 3.50. The molecule has 0 spiro atoms. The average molecular weight is 655 g/mol. The highest BCUT2D eigenvalue weighted by atomic mass is 35.5. The van der Waals surface area contributed by atoms with Gasteiger partial charge in [-0.05, 0) is 81.8 Å². The number of methoxy groups -OCH3 is 2. The van der Waals surface area contributed by atoms with E-state index in [-0.39, 0.29) is 27.9 Å². The predicted octanol–water partition coefficient (Wildman–Crippen LogP) is 5.68. The van der Waals surface area contributed by atoms with Gasteiger partial charge in [0, 0.05) is 28.2 Å². The van der Waals surface area contributed by atoms with E-state index in [1.54, 1.807) is 32.9 Å². The number of hydrogen-bond acceptors (Lipinski definition) is 6. The quantitative estimate of drug-likeness (QED) is 0.286. The molecular formula is C30H34Cl2FN3O6S. The second-order valence-electron chi connectivity index (χ2n) is 10.7. The van der Waals surface area contributed by atoms with Gasteiger partial charge in [0.2, 0.25) is 11.8 Å². The number of benzene rings is 3. The third-order valence-corrected chi connectivity index (χ3v) is 8.71. The molecule has 1 atom stereocenters. The zero-order chi connectivity index (χ0) is 32.1. The SMILES string of the molecule is COc1ccc(S(=O)(=O)N(CC(=O)N(Cc2ccc(Cl)cc2Cl)[C@@H](C)C(=O)NC(C)(C)C)c2ccc(F)cc2)cc1OC. The van der Waals surface area contributed by atoms with Gasteiger partial charge in [-0.3, -0.25) is 13.9 Å². The van der Waals surface area contributed by atoms with Crippen molar-refractivity contribution in [2.45, 2.75) is 50.7 Å². The van der Waals surface area contributed by atoms with Crippen LogP contribution in [0.5, 0.6) is 11.5 Å². The van der Waals surface area contributed by atoms with Gasteiger partial charge in [-0.25, -0.2) is 12.8 Å². The molecule has 232 valence electrons. The summed E-state index contributed by atoms with van der Waals surface area (Å²) < 4.78 is 53.3. The summed E-state index contributed by atoms with van der Waals surface area (Å²) in [4.78, 5) is 28.3. The van der Waals surface area contributed by atoms with Gasteiger partial charge in [0.25, 0.3) is 10.0 Å². The maximum Gasteiger partial charge on any atom is 0.264 e. The predicted molar refractivity (Wildman–Crippen MR) is 165 cm³/mol. The van der Waals surface area contributed by atoms with Gasteiger partial charge in [-0.15, -0.1) is 0 Å². The van der Waals surface area contributed by atoms with Crippen LogP contribution in [0, 0.1) is 5.82 Å². The van der Waals surface area contributed by atoms with Gasteiger partial charge < -0.3 is 19.7 Å². The van der Waals surface area contributed by atoms with E-state index < -0.39 is 45.8 Å². The molecule has 0 bridgehead atoms. The first-order chi connectivity index (χ1) is 20.1. The smallest absolute Gasteiger partial charge is 0.264 e. The molecule has 0 unspecified atom stereocenters. The Morgan fingerprint density at radius 2 is 1.58 bits per heavy atom. The van der Waals surface area contributed by atoms with Crippen LogP contribution in [0.1, 0.15) is 33.3 Å². The van der Waals surface area contributed by atoms with Crippen molar-refractivity contribution in [3.05, 3.63) is 82.1 Å². The minimum absolute atomic E-state index is 0.0285. The van der Waals surface area contributed by atoms with Gasteiger partial charge in [0.1, 0.15) is 18.4 Å². The minimum atomic E-state index is -4.43. The van der Waals surface area contributed by atoms with Crippen LogP contribution in [0.3, 0.4) is 0 Å². The van der Waals surface area contributed by atoms with Gasteiger partial charge in [-0.2, -0.15) is 0 Å². The normalized spacial score (nSPS) is 12.3. The van der Waals surface area contributed by atoms with Crippen molar-refractivity contribution in [1.29, 1.82) is 0 Å². The van der Waals surface area contributed by atoms with E-state index in [2.05, 4.69) is 5.32 Å². The molecule has 43 heavy (non-hydrogen) atoms. The minimum Gasteiger partial charge on any atom is -0.493 e. The molecule has 0 aromatic heterocycles. The molecule has 3 rings (SSSR count). The average Bonchev–Trinajstić information content (AvgIpc) is 2.94. The summed E-state index contributed by atoms with van der Waals surface area (Å²) in [6, 6.07) is 12.4. The zero-order valence-electron chi connectivity index (χ0n) is 24.7. The lowest BCUT2D eigenvalue weighted by Gasteiger charge is -2.33. The van der Waals surface area contributed by atoms with E-state index >= 15 is 0 Å². The Kier molecular flexibility index (Phi) is 10.9. The molecule has 3 aromatic rings. The monoisotopic (exact) mass is 653 g/mol. The molecule has 0 saturated heterocycles. The number of nitrogens with zero attached hydrogens (tertiary/aromatic N) is 2. The van der Waals surface area contributed by atoms with Crippen LogP contribution in [-0.4, -0.2) is 57.5 Å². The van der Waals surface area contributed by atoms with Crippen molar-refractivity contribution < 1.29 is 31.9 Å². The molecule has 3 aromatic carbocycles. The third-order valence-electron chi connectivity index (χ3n) is 6.36. The number of nitrogens with one attached hydrogen (secondary N) is 1. The Bertz CT molecular complexity index is 1580. The fourth-order valence-electron chi connectivity index (χ4n) is 4.13. The van der Waals surface area contributed by atoms with E-state index in [0.717, 1.165) is 16.4 Å². The molecule has 1 N–H and O–H groups in total. The first-order valence-corrected chi connectivity index (χ1v) is 15.3. The number of carbonyl (C=O) groups is 2. The van der Waals surface area contributed by atoms with Crippen molar-refractivity contribution in [3.63, 3.8) is 0 Å². The summed E-state index contributed by atoms with van der Waals surface area (Å²) in [6.07, 6.45) is 0. The number of halogens is 3. The Balaban J connectivity index is 2.10. The number of anilines is 1. The largest absolute Gasteiger partial charge is 0.493 e. The lowest BCUT2D eigenvalue weighted by atomic mass is 10.1. The van der Waals surface area contributed by atoms with Crippen molar-refractivity contribution >= 4 is 50.7 Å². The van der Waals surface area contributed by atoms with Crippen LogP contribution in [0.25, 0.3) is 0 Å². The lowest BCUT2D eigenvalue weighted by Crippen LogP contribution is -2.54. The van der Waals surface area contributed by atoms with E-state index in [1.165, 1.54) is 62.4 Å². The van der Waals surface area contributed by atoms with Crippen LogP contribution in [0.4, 0.5) is 10.1 Å². The number of carbonyl (C=O) groups excluding carboxylic acids is 2. The third kappa shape index (κ3) is 8.52. The number of amides is 2. The molecule has 0 aliphatic heterocycles. The van der Waals surface area contributed by atoms with Crippen molar-refractivity contribution in [2.75, 3.05) is 25.1 Å². The van der Waals surface area contributed by atoms with Crippen LogP contribution >= 0.6 is 23.2 Å². The lowest BCUT2D eigenvalue weighted by molar-refractivity contribution is -0.140. The molecule has 0 radical (unpaired) electrons. The second-order valence-corrected chi connectivity index (χ2v) is 13.4. The number of sulfonamides is 1. The Labute approximate surface area is 261 Å². The van der Waals surface area contributed by atoms with E-state index in [9.17, 15) is 22.4 Å². The Hall–Kier alpha value is -3.54. The number of hydrogen-bond donors (Lipinski definition) is 1. The first kappa shape index (κ1) is 34.0. The molecule has 0 fully saturated rings. The molecule has 0 aliphatic rings. The van der Waals surface area contributed by atoms with E-state index in [0.29, 0.717) is 16.3 Å². The number of ether oxygens (including phenoxy) is 2. The van der Waals surface area contributed by atoms with Gasteiger partial charge in [0.05, 0.1) is 24.8 Å². The standard InChI is InChI=1S/C30H34Cl2FN3O6S/c1-19(29(38)34-30(2,3)4)35(17-20-7-8-21(31)15-25(20)32)28(37)18-36(23-11-9-22(33)10-12-23)43(39,40)24-13-14-26(41-5)27(16-24)42-6/h7-16,19H,17-18H2,1-6H3,(H,34,38)/t19-/m0/s1. The van der Waals surface area contributed by atoms with Gasteiger partial charge in [-0.1, -0.05) is 29.3 Å². The van der Waals surface area contributed by atoms with Crippen LogP contribution in [0.15, 0.2) is 65.6 Å². The highest BCUT2D eigenvalue weighted by molar-refractivity contribution is 7.92. The second kappa shape index (κ2) is 13.8. The summed E-state index contributed by atoms with van der Waals surface area (Å²) in [5.41, 5.74) is -0.0822. The molecular weight excluding hydrogens is 620 g/mol. The van der Waals surface area contributed by atoms with E-state index in [4.69, 9.17) is 32.7 Å². The topological polar surface area (TPSA) is 105 Å². The molecule has 9 nitrogen and oxygen atoms in total. The Morgan fingerprint density at radius 3 is 2.14 bits per heavy atom. The van der Waals surface area contributed by atoms with Crippen molar-refractivity contribution in [3.8, 4) is 11.5 Å². The maximum absolute atomic E-state index is 14.0. The number of rotatable bonds is 11. The molecule has 2 amide bonds. The highest BCUT2D eigenvalue weighted by Gasteiger charge is 2.34. The van der Waals surface area contributed by atoms with Crippen molar-refractivity contribution in [1.82, 2.24) is 10.2 Å². The molecule has 13 heteroatoms. The van der Waals surface area contributed by atoms with E-state index in [1.807, 2.05) is 0 Å². The fourth-order valence-corrected chi connectivity index (χ4v) is 6.03. The van der Waals surface area contributed by atoms with Crippen molar-refractivity contribution in [2.24, 2.45) is 0 Å². The van der Waals surface area contributed by atoms with Gasteiger partial charge in [0.15, 0.2) is 11.5 Å². The molecule has 0 heterocycles. The first-order valence-electron chi connectivity index (χ1n) is 13.1. The van der Waals surface area contributed by atoms with Gasteiger partial charge >= 0.3 is 0 Å². The van der Waals surface area contributed by atoms with Crippen LogP contribution in [-0.2, 0) is 26.2 Å². The summed E-state index contributed by atoms with van der Waals surface area (Å²) in [7, 11) is -1.66. The summed E-state index contributed by atoms with van der Waals surface area (Å²) >= 11 is 12.5. The summed E-state index contributed by atoms with van der Waals surface area (Å²) in [5.74, 6) is -1.31. The molecule has 0 aliphatic carbocycles. The summed E-state index contributed by atoms with van der Waals surface area (Å²) in [6.45, 7) is 6.08. The van der Waals surface area contributed by atoms with Crippen LogP contribution < -0.4 is 19.1 Å². The zero-order valence-corrected chi connectivity index (χ0v) is 27.0. The van der Waals surface area contributed by atoms with Crippen LogP contribution in [0.2, 0.25) is 10.0 Å². The highest BCUT2D eigenvalue weighted by Crippen LogP contribution is 2.32. The molecule has 0 saturated carbocycles.